The lowest BCUT2D eigenvalue weighted by molar-refractivity contribution is 0.479. The molecule has 1 heterocycles. The number of nitrogen functional groups attached to an aromatic ring is 1. The van der Waals surface area contributed by atoms with Gasteiger partial charge in [-0.2, -0.15) is 0 Å². The van der Waals surface area contributed by atoms with Crippen molar-refractivity contribution in [2.75, 3.05) is 5.73 Å². The highest BCUT2D eigenvalue weighted by Gasteiger charge is 2.08. The van der Waals surface area contributed by atoms with E-state index in [0.717, 1.165) is 15.6 Å². The fourth-order valence-corrected chi connectivity index (χ4v) is 2.61. The summed E-state index contributed by atoms with van der Waals surface area (Å²) in [6.07, 6.45) is 0. The van der Waals surface area contributed by atoms with Crippen molar-refractivity contribution in [3.05, 3.63) is 23.1 Å². The molecular formula is C9H8ClNOS. The smallest absolute Gasteiger partial charge is 0.139 e. The number of benzene rings is 1. The molecule has 0 amide bonds. The second-order valence-electron chi connectivity index (χ2n) is 2.77. The summed E-state index contributed by atoms with van der Waals surface area (Å²) in [5.41, 5.74) is 7.21. The lowest BCUT2D eigenvalue weighted by Crippen LogP contribution is -1.85. The molecule has 0 spiro atoms. The summed E-state index contributed by atoms with van der Waals surface area (Å²) in [5.74, 6) is 0.611. The first kappa shape index (κ1) is 8.66. The number of rotatable bonds is 1. The minimum atomic E-state index is 0.135. The van der Waals surface area contributed by atoms with Crippen LogP contribution in [0.4, 0.5) is 5.69 Å². The molecule has 0 aliphatic rings. The molecule has 0 atom stereocenters. The third kappa shape index (κ3) is 1.24. The molecule has 0 aliphatic heterocycles. The van der Waals surface area contributed by atoms with Crippen LogP contribution in [-0.2, 0) is 5.88 Å². The van der Waals surface area contributed by atoms with Gasteiger partial charge in [-0.1, -0.05) is 0 Å². The molecule has 0 bridgehead atoms. The highest BCUT2D eigenvalue weighted by atomic mass is 35.5. The molecule has 68 valence electrons. The monoisotopic (exact) mass is 213 g/mol. The molecule has 3 N–H and O–H groups in total. The number of halogens is 1. The van der Waals surface area contributed by atoms with Gasteiger partial charge >= 0.3 is 0 Å². The number of nitrogens with two attached hydrogens (primary N) is 1. The Labute approximate surface area is 84.6 Å². The average Bonchev–Trinajstić information content (AvgIpc) is 2.55. The third-order valence-electron chi connectivity index (χ3n) is 1.98. The second-order valence-corrected chi connectivity index (χ2v) is 3.92. The second kappa shape index (κ2) is 3.09. The van der Waals surface area contributed by atoms with Gasteiger partial charge < -0.3 is 10.8 Å². The van der Waals surface area contributed by atoms with Crippen molar-refractivity contribution in [3.8, 4) is 5.75 Å². The van der Waals surface area contributed by atoms with E-state index >= 15 is 0 Å². The number of phenols is 1. The van der Waals surface area contributed by atoms with Gasteiger partial charge in [0, 0.05) is 5.88 Å². The minimum absolute atomic E-state index is 0.135. The lowest BCUT2D eigenvalue weighted by Gasteiger charge is -1.99. The van der Waals surface area contributed by atoms with E-state index in [1.165, 1.54) is 11.3 Å². The maximum Gasteiger partial charge on any atom is 0.139 e. The molecule has 0 radical (unpaired) electrons. The zero-order valence-electron chi connectivity index (χ0n) is 6.75. The van der Waals surface area contributed by atoms with Crippen molar-refractivity contribution in [3.63, 3.8) is 0 Å². The molecule has 0 fully saturated rings. The van der Waals surface area contributed by atoms with Crippen LogP contribution in [0.15, 0.2) is 17.5 Å². The average molecular weight is 214 g/mol. The minimum Gasteiger partial charge on any atom is -0.506 e. The summed E-state index contributed by atoms with van der Waals surface area (Å²) in [6.45, 7) is 0. The van der Waals surface area contributed by atoms with E-state index in [9.17, 15) is 5.11 Å². The molecule has 2 aromatic rings. The summed E-state index contributed by atoms with van der Waals surface area (Å²) < 4.78 is 0.913. The van der Waals surface area contributed by atoms with Gasteiger partial charge in [-0.15, -0.1) is 22.9 Å². The van der Waals surface area contributed by atoms with Crippen LogP contribution in [-0.4, -0.2) is 5.11 Å². The van der Waals surface area contributed by atoms with Gasteiger partial charge in [0.25, 0.3) is 0 Å². The summed E-state index contributed by atoms with van der Waals surface area (Å²) in [4.78, 5) is 0. The Balaban J connectivity index is 2.81. The van der Waals surface area contributed by atoms with E-state index in [0.29, 0.717) is 11.6 Å². The van der Waals surface area contributed by atoms with Gasteiger partial charge in [-0.05, 0) is 28.5 Å². The van der Waals surface area contributed by atoms with E-state index in [1.807, 2.05) is 11.4 Å². The topological polar surface area (TPSA) is 46.2 Å². The van der Waals surface area contributed by atoms with Crippen molar-refractivity contribution in [1.29, 1.82) is 0 Å². The Morgan fingerprint density at radius 2 is 2.23 bits per heavy atom. The van der Waals surface area contributed by atoms with E-state index in [4.69, 9.17) is 17.3 Å². The van der Waals surface area contributed by atoms with Gasteiger partial charge in [-0.3, -0.25) is 0 Å². The number of thiophene rings is 1. The van der Waals surface area contributed by atoms with Crippen molar-refractivity contribution in [2.45, 2.75) is 5.88 Å². The maximum atomic E-state index is 9.35. The van der Waals surface area contributed by atoms with Crippen LogP contribution in [0.25, 0.3) is 10.1 Å². The van der Waals surface area contributed by atoms with Gasteiger partial charge in [0.1, 0.15) is 5.75 Å². The molecule has 4 heteroatoms. The van der Waals surface area contributed by atoms with Crippen molar-refractivity contribution < 1.29 is 5.11 Å². The van der Waals surface area contributed by atoms with Crippen LogP contribution in [0.1, 0.15) is 5.56 Å². The van der Waals surface area contributed by atoms with E-state index < -0.39 is 0 Å². The maximum absolute atomic E-state index is 9.35. The Hall–Kier alpha value is -0.930. The molecule has 2 nitrogen and oxygen atoms in total. The van der Waals surface area contributed by atoms with E-state index in [1.54, 1.807) is 6.07 Å². The first-order valence-corrected chi connectivity index (χ1v) is 5.19. The number of fused-ring (bicyclic) bond motifs is 1. The summed E-state index contributed by atoms with van der Waals surface area (Å²) in [5, 5.41) is 12.4. The lowest BCUT2D eigenvalue weighted by atomic mass is 10.1. The molecular weight excluding hydrogens is 206 g/mol. The molecule has 0 saturated heterocycles. The summed E-state index contributed by atoms with van der Waals surface area (Å²) in [7, 11) is 0. The number of aromatic hydroxyl groups is 1. The standard InChI is InChI=1S/C9H8ClNOS/c10-3-5-4-13-9-6(5)1-2-7(12)8(9)11/h1-2,4,12H,3,11H2. The first-order valence-electron chi connectivity index (χ1n) is 3.77. The van der Waals surface area contributed by atoms with Crippen molar-refractivity contribution in [2.24, 2.45) is 0 Å². The number of anilines is 1. The predicted molar refractivity (Wildman–Crippen MR) is 57.5 cm³/mol. The third-order valence-corrected chi connectivity index (χ3v) is 3.35. The van der Waals surface area contributed by atoms with Crippen LogP contribution >= 0.6 is 22.9 Å². The normalized spacial score (nSPS) is 10.8. The highest BCUT2D eigenvalue weighted by molar-refractivity contribution is 7.18. The zero-order chi connectivity index (χ0) is 9.42. The van der Waals surface area contributed by atoms with Crippen molar-refractivity contribution >= 4 is 38.7 Å². The summed E-state index contributed by atoms with van der Waals surface area (Å²) >= 11 is 7.25. The van der Waals surface area contributed by atoms with Crippen LogP contribution < -0.4 is 5.73 Å². The fraction of sp³-hybridized carbons (Fsp3) is 0.111. The van der Waals surface area contributed by atoms with E-state index in [-0.39, 0.29) is 5.75 Å². The number of alkyl halides is 1. The molecule has 1 aromatic carbocycles. The molecule has 2 rings (SSSR count). The number of phenolic OH excluding ortho intramolecular Hbond substituents is 1. The zero-order valence-corrected chi connectivity index (χ0v) is 8.32. The Bertz CT molecular complexity index is 452. The van der Waals surface area contributed by atoms with Crippen LogP contribution in [0, 0.1) is 0 Å². The molecule has 1 aromatic heterocycles. The van der Waals surface area contributed by atoms with Gasteiger partial charge in [0.15, 0.2) is 0 Å². The first-order chi connectivity index (χ1) is 6.24. The molecule has 0 saturated carbocycles. The van der Waals surface area contributed by atoms with Crippen LogP contribution in [0.5, 0.6) is 5.75 Å². The predicted octanol–water partition coefficient (Wildman–Crippen LogP) is 2.93. The SMILES string of the molecule is Nc1c(O)ccc2c(CCl)csc12. The Morgan fingerprint density at radius 1 is 1.46 bits per heavy atom. The van der Waals surface area contributed by atoms with Gasteiger partial charge in [-0.25, -0.2) is 0 Å². The number of hydrogen-bond acceptors (Lipinski definition) is 3. The molecule has 0 unspecified atom stereocenters. The molecule has 13 heavy (non-hydrogen) atoms. The highest BCUT2D eigenvalue weighted by Crippen LogP contribution is 2.36. The summed E-state index contributed by atoms with van der Waals surface area (Å²) in [6, 6.07) is 3.44. The largest absolute Gasteiger partial charge is 0.506 e. The van der Waals surface area contributed by atoms with Crippen LogP contribution in [0.2, 0.25) is 0 Å². The Kier molecular flexibility index (Phi) is 2.06. The van der Waals surface area contributed by atoms with Crippen LogP contribution in [0.3, 0.4) is 0 Å². The Morgan fingerprint density at radius 3 is 2.92 bits per heavy atom. The van der Waals surface area contributed by atoms with E-state index in [2.05, 4.69) is 0 Å². The van der Waals surface area contributed by atoms with Crippen molar-refractivity contribution in [1.82, 2.24) is 0 Å². The fourth-order valence-electron chi connectivity index (χ4n) is 1.27. The molecule has 0 aliphatic carbocycles. The quantitative estimate of drug-likeness (QED) is 0.435. The van der Waals surface area contributed by atoms with Gasteiger partial charge in [0.05, 0.1) is 10.4 Å². The van der Waals surface area contributed by atoms with Gasteiger partial charge in [0.2, 0.25) is 0 Å². The number of hydrogen-bond donors (Lipinski definition) is 2.